The molecule has 0 bridgehead atoms. The van der Waals surface area contributed by atoms with Crippen molar-refractivity contribution in [2.75, 3.05) is 0 Å². The van der Waals surface area contributed by atoms with E-state index in [1.807, 2.05) is 0 Å². The van der Waals surface area contributed by atoms with Crippen LogP contribution in [-0.2, 0) is 37.1 Å². The zero-order valence-corrected chi connectivity index (χ0v) is 42.2. The van der Waals surface area contributed by atoms with Crippen LogP contribution >= 0.6 is 0 Å². The van der Waals surface area contributed by atoms with Crippen LogP contribution in [0, 0.1) is 0 Å². The van der Waals surface area contributed by atoms with Gasteiger partial charge in [0.15, 0.2) is 17.5 Å². The van der Waals surface area contributed by atoms with Gasteiger partial charge in [0, 0.05) is 16.7 Å². The molecule has 0 N–H and O–H groups in total. The first kappa shape index (κ1) is 57.9. The van der Waals surface area contributed by atoms with E-state index in [1.54, 1.807) is 91.0 Å². The maximum absolute atomic E-state index is 13.9. The van der Waals surface area contributed by atoms with Crippen molar-refractivity contribution < 1.29 is 79.0 Å². The van der Waals surface area contributed by atoms with Crippen LogP contribution < -0.4 is 0 Å². The fraction of sp³-hybridized carbons (Fsp3) is 0.0952. The molecule has 0 fully saturated rings. The van der Waals surface area contributed by atoms with Gasteiger partial charge >= 0.3 is 37.1 Å². The molecule has 9 aromatic carbocycles. The van der Waals surface area contributed by atoms with Gasteiger partial charge in [-0.1, -0.05) is 109 Å². The van der Waals surface area contributed by atoms with Crippen molar-refractivity contribution in [3.8, 4) is 101 Å². The standard InChI is InChI=1S/C63H33F18N3/c64-58(65,66)49-25-46(26-50(31-49)59(67,68)69)40-13-1-7-34(19-40)37-10-4-16-43(22-37)55-82-56(44-17-5-11-38(23-44)35-8-2-14-41(20-35)47-27-51(60(70,71)72)32-52(28-47)61(73,74)75)84-57(83-55)45-18-6-12-39(24-45)36-9-3-15-42(21-36)48-29-53(62(76,77)78)33-54(30-48)63(79,80)81/h1-33H. The van der Waals surface area contributed by atoms with E-state index in [9.17, 15) is 79.0 Å². The van der Waals surface area contributed by atoms with E-state index in [1.165, 1.54) is 54.6 Å². The monoisotopic (exact) mass is 1170 g/mol. The SMILES string of the molecule is FC(F)(F)c1cc(-c2cccc(-c3cccc(-c4nc(-c5cccc(-c6cccc(-c7cc(C(F)(F)F)cc(C(F)(F)F)c7)c6)c5)nc(-c5cccc(-c6cccc(-c7cc(C(F)(F)F)cc(C(F)(F)F)c7)c6)c5)n4)c3)c2)cc(C(F)(F)F)c1. The molecule has 1 aromatic heterocycles. The summed E-state index contributed by atoms with van der Waals surface area (Å²) >= 11 is 0. The highest BCUT2D eigenvalue weighted by atomic mass is 19.4. The Kier molecular flexibility index (Phi) is 14.8. The van der Waals surface area contributed by atoms with Gasteiger partial charge in [-0.2, -0.15) is 79.0 Å². The number of alkyl halides is 18. The lowest BCUT2D eigenvalue weighted by atomic mass is 9.95. The van der Waals surface area contributed by atoms with Crippen LogP contribution in [0.1, 0.15) is 33.4 Å². The molecule has 0 aliphatic heterocycles. The van der Waals surface area contributed by atoms with Crippen LogP contribution in [0.4, 0.5) is 79.0 Å². The average Bonchev–Trinajstić information content (AvgIpc) is 1.60. The van der Waals surface area contributed by atoms with Gasteiger partial charge < -0.3 is 0 Å². The molecule has 10 aromatic rings. The summed E-state index contributed by atoms with van der Waals surface area (Å²) < 4.78 is 250. The smallest absolute Gasteiger partial charge is 0.208 e. The van der Waals surface area contributed by atoms with Crippen LogP contribution in [0.25, 0.3) is 101 Å². The second kappa shape index (κ2) is 21.5. The van der Waals surface area contributed by atoms with Gasteiger partial charge in [0.2, 0.25) is 0 Å². The first-order chi connectivity index (χ1) is 39.3. The quantitative estimate of drug-likeness (QED) is 0.135. The molecule has 0 amide bonds. The molecule has 0 unspecified atom stereocenters. The molecule has 0 saturated heterocycles. The van der Waals surface area contributed by atoms with Crippen molar-refractivity contribution >= 4 is 0 Å². The molecule has 10 rings (SSSR count). The minimum atomic E-state index is -5.12. The van der Waals surface area contributed by atoms with Crippen molar-refractivity contribution in [1.29, 1.82) is 0 Å². The molecular weight excluding hydrogens is 1140 g/mol. The van der Waals surface area contributed by atoms with E-state index >= 15 is 0 Å². The summed E-state index contributed by atoms with van der Waals surface area (Å²) in [6.45, 7) is 0. The lowest BCUT2D eigenvalue weighted by Crippen LogP contribution is -2.11. The predicted molar refractivity (Wildman–Crippen MR) is 279 cm³/mol. The van der Waals surface area contributed by atoms with E-state index in [0.29, 0.717) is 86.5 Å². The fourth-order valence-electron chi connectivity index (χ4n) is 9.28. The Morgan fingerprint density at radius 2 is 0.310 bits per heavy atom. The van der Waals surface area contributed by atoms with Crippen molar-refractivity contribution in [3.05, 3.63) is 234 Å². The Bertz CT molecular complexity index is 3600. The lowest BCUT2D eigenvalue weighted by Gasteiger charge is -2.15. The number of hydrogen-bond acceptors (Lipinski definition) is 3. The van der Waals surface area contributed by atoms with E-state index in [-0.39, 0.29) is 69.1 Å². The largest absolute Gasteiger partial charge is 0.416 e. The predicted octanol–water partition coefficient (Wildman–Crippen LogP) is 21.0. The Labute approximate surface area is 464 Å². The van der Waals surface area contributed by atoms with Crippen molar-refractivity contribution in [3.63, 3.8) is 0 Å². The van der Waals surface area contributed by atoms with Gasteiger partial charge in [-0.05, 0) is 158 Å². The molecular formula is C63H33F18N3. The summed E-state index contributed by atoms with van der Waals surface area (Å²) in [5.74, 6) is -0.0124. The van der Waals surface area contributed by atoms with Gasteiger partial charge in [-0.15, -0.1) is 0 Å². The number of nitrogens with zero attached hydrogens (tertiary/aromatic N) is 3. The molecule has 0 spiro atoms. The number of halogens is 18. The molecule has 426 valence electrons. The van der Waals surface area contributed by atoms with Crippen LogP contribution in [0.15, 0.2) is 200 Å². The third kappa shape index (κ3) is 12.8. The third-order valence-electron chi connectivity index (χ3n) is 13.3. The third-order valence-corrected chi connectivity index (χ3v) is 13.3. The molecule has 0 aliphatic carbocycles. The first-order valence-corrected chi connectivity index (χ1v) is 24.6. The Hall–Kier alpha value is -9.27. The topological polar surface area (TPSA) is 38.7 Å². The minimum absolute atomic E-state index is 0.00414. The maximum Gasteiger partial charge on any atom is 0.416 e. The molecule has 0 radical (unpaired) electrons. The van der Waals surface area contributed by atoms with Crippen LogP contribution in [0.3, 0.4) is 0 Å². The van der Waals surface area contributed by atoms with Gasteiger partial charge in [-0.25, -0.2) is 15.0 Å². The number of hydrogen-bond donors (Lipinski definition) is 0. The van der Waals surface area contributed by atoms with Gasteiger partial charge in [0.05, 0.1) is 33.4 Å². The van der Waals surface area contributed by atoms with E-state index in [0.717, 1.165) is 0 Å². The molecule has 21 heteroatoms. The number of benzene rings is 9. The van der Waals surface area contributed by atoms with Crippen LogP contribution in [-0.4, -0.2) is 15.0 Å². The highest BCUT2D eigenvalue weighted by Gasteiger charge is 2.40. The summed E-state index contributed by atoms with van der Waals surface area (Å²) in [6, 6.07) is 40.0. The summed E-state index contributed by atoms with van der Waals surface area (Å²) in [5, 5.41) is 0. The molecule has 0 atom stereocenters. The maximum atomic E-state index is 13.9. The molecule has 84 heavy (non-hydrogen) atoms. The van der Waals surface area contributed by atoms with Gasteiger partial charge in [-0.3, -0.25) is 0 Å². The molecule has 1 heterocycles. The fourth-order valence-corrected chi connectivity index (χ4v) is 9.28. The average molecular weight is 1170 g/mol. The van der Waals surface area contributed by atoms with Crippen LogP contribution in [0.2, 0.25) is 0 Å². The number of rotatable bonds is 9. The summed E-state index contributed by atoms with van der Waals surface area (Å²) in [7, 11) is 0. The Balaban J connectivity index is 1.08. The van der Waals surface area contributed by atoms with Gasteiger partial charge in [0.25, 0.3) is 0 Å². The zero-order valence-electron chi connectivity index (χ0n) is 42.2. The second-order valence-corrected chi connectivity index (χ2v) is 19.2. The molecule has 0 aliphatic rings. The Morgan fingerprint density at radius 1 is 0.167 bits per heavy atom. The van der Waals surface area contributed by atoms with Crippen molar-refractivity contribution in [1.82, 2.24) is 15.0 Å². The van der Waals surface area contributed by atoms with E-state index in [4.69, 9.17) is 15.0 Å². The highest BCUT2D eigenvalue weighted by Crippen LogP contribution is 2.44. The second-order valence-electron chi connectivity index (χ2n) is 19.2. The summed E-state index contributed by atoms with van der Waals surface area (Å²) in [6.07, 6.45) is -30.7. The van der Waals surface area contributed by atoms with Crippen LogP contribution in [0.5, 0.6) is 0 Å². The van der Waals surface area contributed by atoms with Gasteiger partial charge in [0.1, 0.15) is 0 Å². The normalized spacial score (nSPS) is 12.6. The lowest BCUT2D eigenvalue weighted by molar-refractivity contribution is -0.144. The van der Waals surface area contributed by atoms with E-state index in [2.05, 4.69) is 0 Å². The summed E-state index contributed by atoms with van der Waals surface area (Å²) in [4.78, 5) is 14.4. The zero-order chi connectivity index (χ0) is 60.3. The molecule has 3 nitrogen and oxygen atoms in total. The van der Waals surface area contributed by atoms with Crippen molar-refractivity contribution in [2.45, 2.75) is 37.1 Å². The highest BCUT2D eigenvalue weighted by molar-refractivity contribution is 5.81. The number of aromatic nitrogens is 3. The summed E-state index contributed by atoms with van der Waals surface area (Å²) in [5.41, 5.74) is -7.06. The molecule has 0 saturated carbocycles. The van der Waals surface area contributed by atoms with E-state index < -0.39 is 70.4 Å². The minimum Gasteiger partial charge on any atom is -0.208 e. The van der Waals surface area contributed by atoms with Crippen molar-refractivity contribution in [2.24, 2.45) is 0 Å². The first-order valence-electron chi connectivity index (χ1n) is 24.6. The Morgan fingerprint density at radius 3 is 0.476 bits per heavy atom.